The summed E-state index contributed by atoms with van der Waals surface area (Å²) in [6.45, 7) is 9.33. The Labute approximate surface area is 298 Å². The van der Waals surface area contributed by atoms with Gasteiger partial charge in [0.2, 0.25) is 5.91 Å². The molecule has 0 spiro atoms. The quantitative estimate of drug-likeness (QED) is 0.419. The van der Waals surface area contributed by atoms with Crippen molar-refractivity contribution in [1.29, 1.82) is 0 Å². The lowest BCUT2D eigenvalue weighted by molar-refractivity contribution is -0.135. The number of fused-ring (bicyclic) bond motifs is 3. The van der Waals surface area contributed by atoms with E-state index in [1.165, 1.54) is 36.8 Å². The molecule has 2 N–H and O–H groups in total. The number of hydrogen-bond donors (Lipinski definition) is 2. The van der Waals surface area contributed by atoms with Crippen LogP contribution < -0.4 is 10.6 Å². The van der Waals surface area contributed by atoms with Crippen LogP contribution in [0.15, 0.2) is 42.5 Å². The fraction of sp³-hybridized carbons (Fsp3) is 0.625. The minimum atomic E-state index is -0.627. The van der Waals surface area contributed by atoms with E-state index in [9.17, 15) is 14.4 Å². The summed E-state index contributed by atoms with van der Waals surface area (Å²) in [7, 11) is 2.29. The van der Waals surface area contributed by atoms with Crippen molar-refractivity contribution >= 4 is 23.7 Å². The van der Waals surface area contributed by atoms with Crippen LogP contribution in [0.3, 0.4) is 0 Å². The standard InChI is InChI=1S/C40H57N7O3/c1-4-29-11-10-28(24-30(29)5-2)25-37(38(48)45-22-20-44(21-23-45)35-26-33-12-13-34(27-35)43(33)3)42-39(49)46-17-15-32(16-18-46)47-19-14-31-8-6-7-9-36(31)41-40(47)50/h6-11,24,32-35,37H,4-5,12-23,25-27H2,1-3H3,(H,41,50)(H,42,49)/t33-,34?,35?,37?/m1/s1. The van der Waals surface area contributed by atoms with E-state index in [0.29, 0.717) is 57.3 Å². The average molecular weight is 684 g/mol. The summed E-state index contributed by atoms with van der Waals surface area (Å²) in [4.78, 5) is 52.3. The molecule has 2 aromatic rings. The van der Waals surface area contributed by atoms with Crippen LogP contribution in [0.4, 0.5) is 15.3 Å². The van der Waals surface area contributed by atoms with E-state index in [1.807, 2.05) is 32.9 Å². The Kier molecular flexibility index (Phi) is 10.7. The Balaban J connectivity index is 0.984. The fourth-order valence-electron chi connectivity index (χ4n) is 9.48. The highest BCUT2D eigenvalue weighted by Gasteiger charge is 2.41. The first-order chi connectivity index (χ1) is 24.3. The van der Waals surface area contributed by atoms with Crippen LogP contribution >= 0.6 is 0 Å². The SMILES string of the molecule is CCc1ccc(CC(NC(=O)N2CCC(N3CCc4ccccc4NC3=O)CC2)C(=O)N2CCN(C3CC4CC[C@H](C3)N4C)CC2)cc1CC. The number of aryl methyl sites for hydroxylation is 2. The van der Waals surface area contributed by atoms with Crippen molar-refractivity contribution < 1.29 is 14.4 Å². The lowest BCUT2D eigenvalue weighted by atomic mass is 9.95. The first kappa shape index (κ1) is 34.8. The van der Waals surface area contributed by atoms with Crippen LogP contribution in [0.5, 0.6) is 0 Å². The van der Waals surface area contributed by atoms with Gasteiger partial charge in [-0.05, 0) is 93.2 Å². The van der Waals surface area contributed by atoms with Crippen molar-refractivity contribution in [3.8, 4) is 0 Å². The van der Waals surface area contributed by atoms with Gasteiger partial charge >= 0.3 is 12.1 Å². The van der Waals surface area contributed by atoms with Crippen molar-refractivity contribution in [2.45, 2.75) is 108 Å². The number of piperidine rings is 2. The maximum atomic E-state index is 14.3. The molecule has 0 saturated carbocycles. The maximum absolute atomic E-state index is 14.3. The lowest BCUT2D eigenvalue weighted by Crippen LogP contribution is -2.60. The second-order valence-electron chi connectivity index (χ2n) is 15.3. The zero-order chi connectivity index (χ0) is 34.8. The van der Waals surface area contributed by atoms with Gasteiger partial charge in [-0.1, -0.05) is 50.2 Å². The third-order valence-electron chi connectivity index (χ3n) is 12.6. The lowest BCUT2D eigenvalue weighted by Gasteiger charge is -2.45. The van der Waals surface area contributed by atoms with Crippen molar-refractivity contribution in [1.82, 2.24) is 29.8 Å². The molecule has 10 heteroatoms. The zero-order valence-electron chi connectivity index (χ0n) is 30.4. The summed E-state index contributed by atoms with van der Waals surface area (Å²) >= 11 is 0. The minimum absolute atomic E-state index is 0.0229. The summed E-state index contributed by atoms with van der Waals surface area (Å²) < 4.78 is 0. The maximum Gasteiger partial charge on any atom is 0.322 e. The molecule has 5 amide bonds. The van der Waals surface area contributed by atoms with Gasteiger partial charge in [0.15, 0.2) is 0 Å². The van der Waals surface area contributed by atoms with E-state index < -0.39 is 6.04 Å². The van der Waals surface area contributed by atoms with Gasteiger partial charge < -0.3 is 30.2 Å². The Morgan fingerprint density at radius 2 is 1.50 bits per heavy atom. The van der Waals surface area contributed by atoms with Crippen molar-refractivity contribution in [2.75, 3.05) is 58.2 Å². The van der Waals surface area contributed by atoms with Gasteiger partial charge in [-0.25, -0.2) is 9.59 Å². The second-order valence-corrected chi connectivity index (χ2v) is 15.3. The summed E-state index contributed by atoms with van der Waals surface area (Å²) in [5.74, 6) is 0.0229. The molecular formula is C40H57N7O3. The normalized spacial score (nSPS) is 25.5. The van der Waals surface area contributed by atoms with Crippen LogP contribution in [0.1, 0.15) is 74.6 Å². The van der Waals surface area contributed by atoms with Crippen molar-refractivity contribution in [2.24, 2.45) is 0 Å². The number of hydrogen-bond acceptors (Lipinski definition) is 5. The molecule has 2 bridgehead atoms. The van der Waals surface area contributed by atoms with Gasteiger partial charge in [0.25, 0.3) is 0 Å². The topological polar surface area (TPSA) is 91.5 Å². The first-order valence-electron chi connectivity index (χ1n) is 19.4. The number of carbonyl (C=O) groups is 3. The number of carbonyl (C=O) groups excluding carboxylic acids is 3. The number of rotatable bonds is 8. The Bertz CT molecular complexity index is 1520. The summed E-state index contributed by atoms with van der Waals surface area (Å²) in [5.41, 5.74) is 5.78. The number of nitrogens with zero attached hydrogens (tertiary/aromatic N) is 5. The highest BCUT2D eigenvalue weighted by molar-refractivity contribution is 5.91. The summed E-state index contributed by atoms with van der Waals surface area (Å²) in [5, 5.41) is 6.29. The van der Waals surface area contributed by atoms with E-state index >= 15 is 0 Å². The molecule has 0 aliphatic carbocycles. The van der Waals surface area contributed by atoms with Crippen LogP contribution in [0, 0.1) is 0 Å². The minimum Gasteiger partial charge on any atom is -0.338 e. The molecule has 7 rings (SSSR count). The number of benzene rings is 2. The average Bonchev–Trinajstić information content (AvgIpc) is 3.29. The molecule has 0 aromatic heterocycles. The number of nitrogens with one attached hydrogen (secondary N) is 2. The largest absolute Gasteiger partial charge is 0.338 e. The zero-order valence-corrected chi connectivity index (χ0v) is 30.4. The van der Waals surface area contributed by atoms with Crippen LogP contribution in [-0.2, 0) is 30.5 Å². The van der Waals surface area contributed by atoms with E-state index in [-0.39, 0.29) is 24.0 Å². The van der Waals surface area contributed by atoms with Gasteiger partial charge in [-0.3, -0.25) is 9.69 Å². The highest BCUT2D eigenvalue weighted by Crippen LogP contribution is 2.36. The molecule has 4 atom stereocenters. The van der Waals surface area contributed by atoms with Crippen molar-refractivity contribution in [3.05, 3.63) is 64.7 Å². The van der Waals surface area contributed by atoms with Crippen LogP contribution in [0.2, 0.25) is 0 Å². The number of piperazine rings is 1. The molecule has 2 aromatic carbocycles. The molecule has 10 nitrogen and oxygen atoms in total. The third-order valence-corrected chi connectivity index (χ3v) is 12.6. The summed E-state index contributed by atoms with van der Waals surface area (Å²) in [6, 6.07) is 15.8. The Morgan fingerprint density at radius 1 is 0.800 bits per heavy atom. The van der Waals surface area contributed by atoms with Gasteiger partial charge in [0, 0.05) is 82.1 Å². The van der Waals surface area contributed by atoms with E-state index in [4.69, 9.17) is 0 Å². The molecule has 5 heterocycles. The third kappa shape index (κ3) is 7.38. The monoisotopic (exact) mass is 683 g/mol. The van der Waals surface area contributed by atoms with Gasteiger partial charge in [0.05, 0.1) is 0 Å². The van der Waals surface area contributed by atoms with E-state index in [2.05, 4.69) is 65.6 Å². The predicted molar refractivity (Wildman–Crippen MR) is 197 cm³/mol. The molecule has 5 aliphatic rings. The highest BCUT2D eigenvalue weighted by atomic mass is 16.2. The Hall–Kier alpha value is -3.63. The van der Waals surface area contributed by atoms with Crippen molar-refractivity contribution in [3.63, 3.8) is 0 Å². The summed E-state index contributed by atoms with van der Waals surface area (Å²) in [6.07, 6.45) is 9.75. The van der Waals surface area contributed by atoms with E-state index in [1.54, 1.807) is 0 Å². The number of para-hydroxylation sites is 1. The molecule has 4 fully saturated rings. The fourth-order valence-corrected chi connectivity index (χ4v) is 9.48. The second kappa shape index (κ2) is 15.3. The van der Waals surface area contributed by atoms with Crippen LogP contribution in [0.25, 0.3) is 0 Å². The molecule has 270 valence electrons. The van der Waals surface area contributed by atoms with Gasteiger partial charge in [0.1, 0.15) is 6.04 Å². The molecule has 3 unspecified atom stereocenters. The smallest absolute Gasteiger partial charge is 0.322 e. The molecule has 4 saturated heterocycles. The molecule has 50 heavy (non-hydrogen) atoms. The number of likely N-dealkylation sites (tertiary alicyclic amines) is 1. The molecule has 5 aliphatic heterocycles. The predicted octanol–water partition coefficient (Wildman–Crippen LogP) is 4.76. The first-order valence-corrected chi connectivity index (χ1v) is 19.4. The molecular weight excluding hydrogens is 626 g/mol. The van der Waals surface area contributed by atoms with Gasteiger partial charge in [-0.2, -0.15) is 0 Å². The van der Waals surface area contributed by atoms with E-state index in [0.717, 1.165) is 62.0 Å². The number of amides is 5. The van der Waals surface area contributed by atoms with Crippen LogP contribution in [-0.4, -0.2) is 126 Å². The number of urea groups is 2. The number of anilines is 1. The van der Waals surface area contributed by atoms with Gasteiger partial charge in [-0.15, -0.1) is 0 Å². The Morgan fingerprint density at radius 3 is 2.20 bits per heavy atom. The molecule has 0 radical (unpaired) electrons.